The van der Waals surface area contributed by atoms with Crippen molar-refractivity contribution in [2.75, 3.05) is 79.3 Å². The molecule has 0 aliphatic rings. The van der Waals surface area contributed by atoms with Crippen LogP contribution in [-0.4, -0.2) is 246 Å². The van der Waals surface area contributed by atoms with Gasteiger partial charge in [-0.1, -0.05) is 89.1 Å². The average Bonchev–Trinajstić information content (AvgIpc) is 0.907. The number of ether oxygens (including phenoxy) is 6. The molecule has 0 saturated heterocycles. The molecular weight excluding hydrogens is 1490 g/mol. The van der Waals surface area contributed by atoms with Crippen molar-refractivity contribution in [1.29, 1.82) is 0 Å². The van der Waals surface area contributed by atoms with Gasteiger partial charge in [-0.2, -0.15) is 0 Å². The molecule has 6 N–H and O–H groups in total. The lowest BCUT2D eigenvalue weighted by Crippen LogP contribution is -2.43. The molecule has 0 fully saturated rings. The summed E-state index contributed by atoms with van der Waals surface area (Å²) < 4.78 is 73.3. The smallest absolute Gasteiger partial charge is 0.173 e. The Morgan fingerprint density at radius 3 is 0.333 bits per heavy atom. The van der Waals surface area contributed by atoms with Gasteiger partial charge in [-0.3, -0.25) is 0 Å². The number of hydrogen-bond acceptors (Lipinski definition) is 18. The van der Waals surface area contributed by atoms with Crippen LogP contribution in [0.3, 0.4) is 0 Å². The minimum absolute atomic E-state index is 0. The van der Waals surface area contributed by atoms with Gasteiger partial charge in [0.25, 0.3) is 0 Å². The molecule has 0 aromatic carbocycles. The fraction of sp³-hybridized carbons (Fsp3) is 1.00. The van der Waals surface area contributed by atoms with Crippen molar-refractivity contribution in [2.24, 2.45) is 0 Å². The maximum absolute atomic E-state index is 9.72. The van der Waals surface area contributed by atoms with Gasteiger partial charge in [-0.05, 0) is 271 Å². The van der Waals surface area contributed by atoms with Gasteiger partial charge in [-0.25, -0.2) is 0 Å². The monoisotopic (exact) mass is 1690 g/mol. The molecule has 0 radical (unpaired) electrons. The van der Waals surface area contributed by atoms with E-state index < -0.39 is 136 Å². The Balaban J connectivity index is -0.0000000809. The second-order valence-corrected chi connectivity index (χ2v) is 88.4. The second-order valence-electron chi connectivity index (χ2n) is 34.0. The molecule has 0 aliphatic heterocycles. The highest BCUT2D eigenvalue weighted by atomic mass is 28.4. The molecule has 642 valence electrons. The van der Waals surface area contributed by atoms with Crippen molar-refractivity contribution in [3.63, 3.8) is 0 Å². The molecule has 102 heavy (non-hydrogen) atoms. The van der Waals surface area contributed by atoms with Crippen LogP contribution in [0.2, 0.25) is 233 Å². The molecule has 6 atom stereocenters. The molecule has 30 heteroatoms. The number of aliphatic hydroxyl groups is 6. The van der Waals surface area contributed by atoms with E-state index in [0.717, 1.165) is 74.8 Å². The van der Waals surface area contributed by atoms with E-state index in [0.29, 0.717) is 39.6 Å². The Morgan fingerprint density at radius 1 is 0.176 bits per heavy atom. The zero-order chi connectivity index (χ0) is 70.9. The summed E-state index contributed by atoms with van der Waals surface area (Å²) in [6.07, 6.45) is 2.38. The lowest BCUT2D eigenvalue weighted by atomic mass is 10.2. The molecule has 18 nitrogen and oxygen atoms in total. The van der Waals surface area contributed by atoms with Crippen molar-refractivity contribution in [3.05, 3.63) is 0 Å². The van der Waals surface area contributed by atoms with Gasteiger partial charge in [0.15, 0.2) is 99.8 Å². The van der Waals surface area contributed by atoms with Crippen LogP contribution in [0, 0.1) is 0 Å². The van der Waals surface area contributed by atoms with Gasteiger partial charge in [0.1, 0.15) is 36.6 Å². The first-order valence-electron chi connectivity index (χ1n) is 34.1. The molecule has 0 aromatic rings. The van der Waals surface area contributed by atoms with Crippen molar-refractivity contribution in [2.45, 2.75) is 397 Å². The van der Waals surface area contributed by atoms with Crippen molar-refractivity contribution < 1.29 is 83.8 Å². The normalized spacial score (nSPS) is 14.1. The topological polar surface area (TPSA) is 232 Å². The molecule has 0 heterocycles. The van der Waals surface area contributed by atoms with E-state index in [9.17, 15) is 30.6 Å². The van der Waals surface area contributed by atoms with Crippen LogP contribution in [0.15, 0.2) is 0 Å². The number of aliphatic hydroxyl groups excluding tert-OH is 6. The molecule has 0 rings (SSSR count). The third kappa shape index (κ3) is 85.9. The molecular formula is C72H198O18Si12. The third-order valence-electron chi connectivity index (χ3n) is 13.3. The van der Waals surface area contributed by atoms with Crippen molar-refractivity contribution in [3.8, 4) is 0 Å². The van der Waals surface area contributed by atoms with E-state index in [1.807, 2.05) is 0 Å². The highest BCUT2D eigenvalue weighted by Crippen LogP contribution is 2.26. The predicted octanol–water partition coefficient (Wildman–Crippen LogP) is 21.5. The zero-order valence-electron chi connectivity index (χ0n) is 64.0. The van der Waals surface area contributed by atoms with Gasteiger partial charge in [-0.15, -0.1) is 0 Å². The van der Waals surface area contributed by atoms with Crippen LogP contribution < -0.4 is 0 Å². The van der Waals surface area contributed by atoms with Gasteiger partial charge >= 0.3 is 0 Å². The highest BCUT2D eigenvalue weighted by Gasteiger charge is 2.36. The summed E-state index contributed by atoms with van der Waals surface area (Å²) in [6, 6.07) is 6.15. The largest absolute Gasteiger partial charge is 0.456 e. The Morgan fingerprint density at radius 2 is 0.265 bits per heavy atom. The van der Waals surface area contributed by atoms with Crippen LogP contribution in [0.1, 0.15) is 128 Å². The Hall–Kier alpha value is 1.88. The summed E-state index contributed by atoms with van der Waals surface area (Å²) >= 11 is 0. The summed E-state index contributed by atoms with van der Waals surface area (Å²) in [7, 11) is -19.3. The van der Waals surface area contributed by atoms with Gasteiger partial charge < -0.3 is 83.8 Å². The number of rotatable bonds is 51. The lowest BCUT2D eigenvalue weighted by Gasteiger charge is -2.32. The average molecular weight is 1690 g/mol. The molecule has 0 saturated carbocycles. The first-order chi connectivity index (χ1) is 40.5. The minimum atomic E-state index is -1.68. The predicted molar refractivity (Wildman–Crippen MR) is 490 cm³/mol. The van der Waals surface area contributed by atoms with Crippen molar-refractivity contribution in [1.82, 2.24) is 0 Å². The first kappa shape index (κ1) is 139. The van der Waals surface area contributed by atoms with E-state index >= 15 is 0 Å². The van der Waals surface area contributed by atoms with E-state index in [-0.39, 0.29) is 129 Å². The van der Waals surface area contributed by atoms with Gasteiger partial charge in [0, 0.05) is 39.6 Å². The van der Waals surface area contributed by atoms with Crippen LogP contribution in [0.4, 0.5) is 0 Å². The van der Waals surface area contributed by atoms with Gasteiger partial charge in [0.2, 0.25) is 0 Å². The summed E-state index contributed by atoms with van der Waals surface area (Å²) in [5.74, 6) is 0. The van der Waals surface area contributed by atoms with Crippen molar-refractivity contribution >= 4 is 99.8 Å². The van der Waals surface area contributed by atoms with Crippen LogP contribution in [-0.2, 0) is 53.1 Å². The second kappa shape index (κ2) is 65.3. The molecule has 0 amide bonds. The standard InChI is InChI=1S/3C20H50O6Si4.12CH4/c3*1-27(2,3)25-29(7,8)15-11-13-23-19(17-21)20(18-22)24-14-12-16-30(9,10)26-28(4,5)6;;;;;;;;;;;;/h3*19-22H,11-18H2,1-10H3;12*1H4/t3*19-,20+;;;;;;;;;;;;. The summed E-state index contributed by atoms with van der Waals surface area (Å²) in [5, 5.41) is 58.3. The third-order valence-corrected chi connectivity index (χ3v) is 50.7. The fourth-order valence-corrected chi connectivity index (χ4v) is 59.6. The van der Waals surface area contributed by atoms with Crippen LogP contribution in [0.25, 0.3) is 0 Å². The van der Waals surface area contributed by atoms with E-state index in [4.69, 9.17) is 53.1 Å². The van der Waals surface area contributed by atoms with E-state index in [2.05, 4.69) is 196 Å². The minimum Gasteiger partial charge on any atom is -0.456 e. The first-order valence-corrected chi connectivity index (χ1v) is 73.2. The highest BCUT2D eigenvalue weighted by molar-refractivity contribution is 6.87. The molecule has 0 bridgehead atoms. The molecule has 0 aromatic heterocycles. The van der Waals surface area contributed by atoms with E-state index in [1.54, 1.807) is 0 Å². The van der Waals surface area contributed by atoms with Crippen LogP contribution >= 0.6 is 0 Å². The lowest BCUT2D eigenvalue weighted by molar-refractivity contribution is -0.109. The fourth-order valence-electron chi connectivity index (χ4n) is 11.3. The summed E-state index contributed by atoms with van der Waals surface area (Å²) in [4.78, 5) is 0. The Kier molecular flexibility index (Phi) is 89.1. The zero-order valence-corrected chi connectivity index (χ0v) is 76.0. The SMILES string of the molecule is C.C.C.C.C.C.C.C.C.C.C.C.C[Si](C)(C)O[Si](C)(C)CCCO[C@@H](CO)[C@@H](CO)OCCC[Si](C)(C)O[Si](C)(C)C.C[Si](C)(C)O[Si](C)(C)CCCO[C@@H](CO)[C@@H](CO)OCCC[Si](C)(C)O[Si](C)(C)C.C[Si](C)(C)O[Si](C)(C)CCCO[C@@H](CO)[C@@H](CO)OCCC[Si](C)(C)O[Si](C)(C)C. The quantitative estimate of drug-likeness (QED) is 0.0245. The Labute approximate surface area is 655 Å². The number of hydrogen-bond donors (Lipinski definition) is 6. The summed E-state index contributed by atoms with van der Waals surface area (Å²) in [5.41, 5.74) is 0. The van der Waals surface area contributed by atoms with Gasteiger partial charge in [0.05, 0.1) is 39.6 Å². The molecule has 0 aliphatic carbocycles. The maximum Gasteiger partial charge on any atom is 0.173 e. The van der Waals surface area contributed by atoms with Crippen LogP contribution in [0.5, 0.6) is 0 Å². The summed E-state index contributed by atoms with van der Waals surface area (Å²) in [6.45, 7) is 69.4. The molecule has 0 spiro atoms. The van der Waals surface area contributed by atoms with E-state index in [1.165, 1.54) is 0 Å². The maximum atomic E-state index is 9.72. The Bertz CT molecular complexity index is 1470. The molecule has 0 unspecified atom stereocenters.